The molecule has 0 unspecified atom stereocenters. The Morgan fingerprint density at radius 1 is 1.17 bits per heavy atom. The highest BCUT2D eigenvalue weighted by Gasteiger charge is 2.49. The molecule has 2 aliphatic rings. The first-order chi connectivity index (χ1) is 13.7. The van der Waals surface area contributed by atoms with Crippen molar-refractivity contribution in [2.75, 3.05) is 16.4 Å². The molecule has 2 aromatic rings. The molecule has 0 bridgehead atoms. The first-order valence-corrected chi connectivity index (χ1v) is 12.2. The predicted molar refractivity (Wildman–Crippen MR) is 115 cm³/mol. The second-order valence-corrected chi connectivity index (χ2v) is 11.0. The van der Waals surface area contributed by atoms with E-state index in [4.69, 9.17) is 23.2 Å². The van der Waals surface area contributed by atoms with Gasteiger partial charge in [-0.15, -0.1) is 0 Å². The number of rotatable bonds is 3. The lowest BCUT2D eigenvalue weighted by Gasteiger charge is -2.24. The zero-order valence-corrected chi connectivity index (χ0v) is 18.0. The van der Waals surface area contributed by atoms with Crippen LogP contribution in [0.25, 0.3) is 0 Å². The number of thioether (sulfide) groups is 1. The smallest absolute Gasteiger partial charge is 0.252 e. The second kappa shape index (κ2) is 7.91. The molecule has 0 saturated carbocycles. The van der Waals surface area contributed by atoms with Crippen molar-refractivity contribution >= 4 is 61.6 Å². The lowest BCUT2D eigenvalue weighted by molar-refractivity contribution is -0.117. The number of fused-ring (bicyclic) bond motifs is 1. The number of aliphatic imine (C=N–C) groups is 1. The quantitative estimate of drug-likeness (QED) is 0.675. The lowest BCUT2D eigenvalue weighted by Crippen LogP contribution is -2.37. The third kappa shape index (κ3) is 4.30. The van der Waals surface area contributed by atoms with Crippen LogP contribution < -0.4 is 4.90 Å². The van der Waals surface area contributed by atoms with Crippen molar-refractivity contribution in [1.82, 2.24) is 0 Å². The molecule has 0 aromatic heterocycles. The lowest BCUT2D eigenvalue weighted by atomic mass is 10.1. The van der Waals surface area contributed by atoms with Gasteiger partial charge >= 0.3 is 0 Å². The summed E-state index contributed by atoms with van der Waals surface area (Å²) in [6.07, 6.45) is 0.0141. The Bertz CT molecular complexity index is 1120. The molecule has 2 heterocycles. The van der Waals surface area contributed by atoms with Crippen molar-refractivity contribution in [3.63, 3.8) is 0 Å². The van der Waals surface area contributed by atoms with E-state index in [9.17, 15) is 17.6 Å². The molecule has 1 amide bonds. The van der Waals surface area contributed by atoms with Crippen LogP contribution in [-0.4, -0.2) is 42.3 Å². The molecular weight excluding hydrogens is 458 g/mol. The van der Waals surface area contributed by atoms with Crippen LogP contribution in [0.4, 0.5) is 10.1 Å². The average Bonchev–Trinajstić information content (AvgIpc) is 3.10. The zero-order valence-electron chi connectivity index (χ0n) is 14.9. The summed E-state index contributed by atoms with van der Waals surface area (Å²) in [5, 5.41) is 0.517. The van der Waals surface area contributed by atoms with E-state index in [-0.39, 0.29) is 28.2 Å². The van der Waals surface area contributed by atoms with Crippen molar-refractivity contribution in [1.29, 1.82) is 0 Å². The molecule has 152 valence electrons. The van der Waals surface area contributed by atoms with Crippen LogP contribution >= 0.6 is 35.0 Å². The number of sulfone groups is 1. The first-order valence-electron chi connectivity index (χ1n) is 8.70. The summed E-state index contributed by atoms with van der Waals surface area (Å²) < 4.78 is 38.2. The molecule has 5 nitrogen and oxygen atoms in total. The highest BCUT2D eigenvalue weighted by atomic mass is 35.5. The average molecular weight is 473 g/mol. The van der Waals surface area contributed by atoms with Gasteiger partial charge in [0.05, 0.1) is 29.0 Å². The van der Waals surface area contributed by atoms with Crippen LogP contribution in [0.5, 0.6) is 0 Å². The molecule has 2 aliphatic heterocycles. The van der Waals surface area contributed by atoms with Gasteiger partial charge in [-0.3, -0.25) is 4.79 Å². The summed E-state index contributed by atoms with van der Waals surface area (Å²) in [4.78, 5) is 18.4. The van der Waals surface area contributed by atoms with Gasteiger partial charge in [0.1, 0.15) is 5.82 Å². The fourth-order valence-corrected chi connectivity index (χ4v) is 7.70. The summed E-state index contributed by atoms with van der Waals surface area (Å²) in [5.41, 5.74) is 1.06. The Kier molecular flexibility index (Phi) is 5.63. The van der Waals surface area contributed by atoms with Gasteiger partial charge in [-0.25, -0.2) is 12.8 Å². The maximum atomic E-state index is 14.0. The maximum absolute atomic E-state index is 14.0. The summed E-state index contributed by atoms with van der Waals surface area (Å²) in [5.74, 6) is -1.12. The van der Waals surface area contributed by atoms with Crippen LogP contribution in [0.2, 0.25) is 10.0 Å². The number of halogens is 3. The molecule has 0 N–H and O–H groups in total. The topological polar surface area (TPSA) is 66.8 Å². The second-order valence-electron chi connectivity index (χ2n) is 6.83. The molecule has 0 spiro atoms. The number of carbonyl (C=O) groups excluding carboxylic acids is 1. The van der Waals surface area contributed by atoms with E-state index < -0.39 is 27.6 Å². The van der Waals surface area contributed by atoms with Gasteiger partial charge in [0, 0.05) is 16.0 Å². The number of hydrogen-bond acceptors (Lipinski definition) is 4. The first kappa shape index (κ1) is 20.7. The summed E-state index contributed by atoms with van der Waals surface area (Å²) in [6.45, 7) is 0. The molecule has 2 aromatic carbocycles. The van der Waals surface area contributed by atoms with Crippen LogP contribution in [-0.2, 0) is 21.1 Å². The molecule has 0 aliphatic carbocycles. The highest BCUT2D eigenvalue weighted by Crippen LogP contribution is 2.41. The third-order valence-electron chi connectivity index (χ3n) is 4.77. The minimum Gasteiger partial charge on any atom is -0.315 e. The zero-order chi connectivity index (χ0) is 20.8. The van der Waals surface area contributed by atoms with Gasteiger partial charge < -0.3 is 4.90 Å². The fourth-order valence-electron chi connectivity index (χ4n) is 3.45. The Morgan fingerprint density at radius 2 is 1.93 bits per heavy atom. The van der Waals surface area contributed by atoms with Gasteiger partial charge in [0.25, 0.3) is 5.91 Å². The maximum Gasteiger partial charge on any atom is 0.252 e. The number of amides is 1. The van der Waals surface area contributed by atoms with Gasteiger partial charge in [0.2, 0.25) is 0 Å². The van der Waals surface area contributed by atoms with Crippen molar-refractivity contribution in [2.24, 2.45) is 4.99 Å². The monoisotopic (exact) mass is 472 g/mol. The predicted octanol–water partition coefficient (Wildman–Crippen LogP) is 3.98. The standard InChI is InChI=1S/C19H15Cl2FN2O3S2/c20-13-4-2-1-3-11(13)7-18(25)23-19-24(12-5-6-14(21)15(22)8-12)16-9-29(26,27)10-17(16)28-19/h1-6,8,16-17H,7,9-10H2/t16-,17+/m1/s1. The molecule has 2 atom stereocenters. The molecule has 29 heavy (non-hydrogen) atoms. The molecule has 0 radical (unpaired) electrons. The van der Waals surface area contributed by atoms with Crippen molar-refractivity contribution in [3.05, 3.63) is 63.9 Å². The molecule has 2 saturated heterocycles. The number of hydrogen-bond donors (Lipinski definition) is 0. The third-order valence-corrected chi connectivity index (χ3v) is 8.65. The van der Waals surface area contributed by atoms with Crippen molar-refractivity contribution in [3.8, 4) is 0 Å². The minimum absolute atomic E-state index is 0.00731. The Labute approximate surface area is 181 Å². The largest absolute Gasteiger partial charge is 0.315 e. The normalized spacial score (nSPS) is 24.1. The van der Waals surface area contributed by atoms with E-state index in [1.54, 1.807) is 35.2 Å². The van der Waals surface area contributed by atoms with Gasteiger partial charge in [-0.2, -0.15) is 4.99 Å². The number of carbonyl (C=O) groups is 1. The van der Waals surface area contributed by atoms with Crippen molar-refractivity contribution in [2.45, 2.75) is 17.7 Å². The summed E-state index contributed by atoms with van der Waals surface area (Å²) >= 11 is 13.1. The Balaban J connectivity index is 1.67. The van der Waals surface area contributed by atoms with E-state index in [1.807, 2.05) is 0 Å². The summed E-state index contributed by atoms with van der Waals surface area (Å²) in [6, 6.07) is 10.8. The number of benzene rings is 2. The Morgan fingerprint density at radius 3 is 2.66 bits per heavy atom. The van der Waals surface area contributed by atoms with Crippen LogP contribution in [0, 0.1) is 5.82 Å². The summed E-state index contributed by atoms with van der Waals surface area (Å²) in [7, 11) is -3.21. The van der Waals surface area contributed by atoms with E-state index in [1.165, 1.54) is 23.9 Å². The van der Waals surface area contributed by atoms with E-state index >= 15 is 0 Å². The highest BCUT2D eigenvalue weighted by molar-refractivity contribution is 8.16. The molecule has 4 rings (SSSR count). The van der Waals surface area contributed by atoms with E-state index in [2.05, 4.69) is 4.99 Å². The molecule has 10 heteroatoms. The van der Waals surface area contributed by atoms with Gasteiger partial charge in [0.15, 0.2) is 15.0 Å². The van der Waals surface area contributed by atoms with E-state index in [0.717, 1.165) is 0 Å². The molecule has 2 fully saturated rings. The number of anilines is 1. The van der Waals surface area contributed by atoms with Gasteiger partial charge in [-0.1, -0.05) is 53.2 Å². The van der Waals surface area contributed by atoms with Crippen LogP contribution in [0.3, 0.4) is 0 Å². The fraction of sp³-hybridized carbons (Fsp3) is 0.263. The Hall–Kier alpha value is -1.61. The van der Waals surface area contributed by atoms with Crippen LogP contribution in [0.1, 0.15) is 5.56 Å². The van der Waals surface area contributed by atoms with Gasteiger partial charge in [-0.05, 0) is 29.8 Å². The molecular formula is C19H15Cl2FN2O3S2. The van der Waals surface area contributed by atoms with Crippen LogP contribution in [0.15, 0.2) is 47.5 Å². The number of amidine groups is 1. The number of nitrogens with zero attached hydrogens (tertiary/aromatic N) is 2. The SMILES string of the molecule is O=C(Cc1ccccc1Cl)N=C1S[C@H]2CS(=O)(=O)C[C@H]2N1c1ccc(Cl)c(F)c1. The van der Waals surface area contributed by atoms with E-state index in [0.29, 0.717) is 21.4 Å². The minimum atomic E-state index is -3.21. The van der Waals surface area contributed by atoms with Crippen molar-refractivity contribution < 1.29 is 17.6 Å².